The van der Waals surface area contributed by atoms with E-state index in [0.29, 0.717) is 22.7 Å². The van der Waals surface area contributed by atoms with Gasteiger partial charge in [0.05, 0.1) is 19.9 Å². The minimum Gasteiger partial charge on any atom is -0.497 e. The van der Waals surface area contributed by atoms with Crippen molar-refractivity contribution in [2.24, 2.45) is 0 Å². The van der Waals surface area contributed by atoms with Crippen LogP contribution in [-0.2, 0) is 0 Å². The monoisotopic (exact) mass is 323 g/mol. The van der Waals surface area contributed by atoms with Gasteiger partial charge in [-0.2, -0.15) is 5.10 Å². The number of benzene rings is 2. The summed E-state index contributed by atoms with van der Waals surface area (Å²) in [6.45, 7) is 0. The smallest absolute Gasteiger partial charge is 0.255 e. The van der Waals surface area contributed by atoms with E-state index in [4.69, 9.17) is 9.47 Å². The standard InChI is InChI=1S/C18H17N3O3/c1-23-16-9-13(10-17(12-16)24-2)18(22)20-14-5-3-6-15(11-14)21-8-4-7-19-21/h3-12H,1-2H3,(H,20,22). The zero-order chi connectivity index (χ0) is 16.9. The molecular weight excluding hydrogens is 306 g/mol. The molecule has 2 aromatic carbocycles. The number of rotatable bonds is 5. The van der Waals surface area contributed by atoms with Crippen LogP contribution >= 0.6 is 0 Å². The summed E-state index contributed by atoms with van der Waals surface area (Å²) in [6.07, 6.45) is 3.54. The van der Waals surface area contributed by atoms with Gasteiger partial charge in [-0.1, -0.05) is 6.07 Å². The van der Waals surface area contributed by atoms with Crippen molar-refractivity contribution >= 4 is 11.6 Å². The minimum absolute atomic E-state index is 0.246. The molecule has 1 aromatic heterocycles. The third kappa shape index (κ3) is 3.38. The number of methoxy groups -OCH3 is 2. The van der Waals surface area contributed by atoms with Gasteiger partial charge < -0.3 is 14.8 Å². The van der Waals surface area contributed by atoms with Gasteiger partial charge in [0.25, 0.3) is 5.91 Å². The lowest BCUT2D eigenvalue weighted by molar-refractivity contribution is 0.102. The van der Waals surface area contributed by atoms with E-state index in [2.05, 4.69) is 10.4 Å². The van der Waals surface area contributed by atoms with Crippen LogP contribution < -0.4 is 14.8 Å². The zero-order valence-corrected chi connectivity index (χ0v) is 13.4. The number of aromatic nitrogens is 2. The van der Waals surface area contributed by atoms with Crippen molar-refractivity contribution in [3.8, 4) is 17.2 Å². The number of nitrogens with one attached hydrogen (secondary N) is 1. The van der Waals surface area contributed by atoms with E-state index in [1.165, 1.54) is 0 Å². The van der Waals surface area contributed by atoms with E-state index in [1.807, 2.05) is 36.5 Å². The number of ether oxygens (including phenoxy) is 2. The molecule has 0 radical (unpaired) electrons. The van der Waals surface area contributed by atoms with Crippen LogP contribution in [0.25, 0.3) is 5.69 Å². The Kier molecular flexibility index (Phi) is 4.47. The molecule has 0 fully saturated rings. The molecule has 6 heteroatoms. The topological polar surface area (TPSA) is 65.4 Å². The highest BCUT2D eigenvalue weighted by atomic mass is 16.5. The molecule has 0 atom stereocenters. The second-order valence-electron chi connectivity index (χ2n) is 5.06. The number of carbonyl (C=O) groups is 1. The Bertz CT molecular complexity index is 822. The summed E-state index contributed by atoms with van der Waals surface area (Å²) in [5.41, 5.74) is 1.99. The first-order valence-corrected chi connectivity index (χ1v) is 7.34. The highest BCUT2D eigenvalue weighted by Gasteiger charge is 2.11. The molecule has 3 rings (SSSR count). The Morgan fingerprint density at radius 3 is 2.42 bits per heavy atom. The van der Waals surface area contributed by atoms with Gasteiger partial charge in [0.1, 0.15) is 11.5 Å². The number of nitrogens with zero attached hydrogens (tertiary/aromatic N) is 2. The van der Waals surface area contributed by atoms with Crippen molar-refractivity contribution in [1.29, 1.82) is 0 Å². The molecule has 0 unspecified atom stereocenters. The molecular formula is C18H17N3O3. The minimum atomic E-state index is -0.246. The number of anilines is 1. The molecule has 6 nitrogen and oxygen atoms in total. The summed E-state index contributed by atoms with van der Waals surface area (Å²) in [5, 5.41) is 7.05. The predicted octanol–water partition coefficient (Wildman–Crippen LogP) is 3.14. The lowest BCUT2D eigenvalue weighted by Gasteiger charge is -2.10. The molecule has 1 N–H and O–H groups in total. The van der Waals surface area contributed by atoms with Crippen molar-refractivity contribution in [2.45, 2.75) is 0 Å². The third-order valence-corrected chi connectivity index (χ3v) is 3.49. The highest BCUT2D eigenvalue weighted by molar-refractivity contribution is 6.04. The fourth-order valence-electron chi connectivity index (χ4n) is 2.29. The maximum Gasteiger partial charge on any atom is 0.255 e. The quantitative estimate of drug-likeness (QED) is 0.783. The molecule has 0 saturated carbocycles. The fraction of sp³-hybridized carbons (Fsp3) is 0.111. The molecule has 0 spiro atoms. The molecule has 24 heavy (non-hydrogen) atoms. The second-order valence-corrected chi connectivity index (χ2v) is 5.06. The lowest BCUT2D eigenvalue weighted by Crippen LogP contribution is -2.12. The Morgan fingerprint density at radius 1 is 1.04 bits per heavy atom. The van der Waals surface area contributed by atoms with E-state index in [9.17, 15) is 4.79 Å². The molecule has 0 saturated heterocycles. The zero-order valence-electron chi connectivity index (χ0n) is 13.4. The van der Waals surface area contributed by atoms with Gasteiger partial charge in [-0.3, -0.25) is 4.79 Å². The molecule has 1 amide bonds. The molecule has 3 aromatic rings. The summed E-state index contributed by atoms with van der Waals surface area (Å²) in [5.74, 6) is 0.874. The summed E-state index contributed by atoms with van der Waals surface area (Å²) in [7, 11) is 3.09. The SMILES string of the molecule is COc1cc(OC)cc(C(=O)Nc2cccc(-n3cccn3)c2)c1. The van der Waals surface area contributed by atoms with E-state index in [-0.39, 0.29) is 5.91 Å². The van der Waals surface area contributed by atoms with Crippen LogP contribution in [0.3, 0.4) is 0 Å². The van der Waals surface area contributed by atoms with Crippen molar-refractivity contribution < 1.29 is 14.3 Å². The Morgan fingerprint density at radius 2 is 1.79 bits per heavy atom. The molecule has 0 bridgehead atoms. The number of carbonyl (C=O) groups excluding carboxylic acids is 1. The van der Waals surface area contributed by atoms with Gasteiger partial charge in [0.2, 0.25) is 0 Å². The van der Waals surface area contributed by atoms with Gasteiger partial charge in [0, 0.05) is 29.7 Å². The van der Waals surface area contributed by atoms with Crippen LogP contribution in [0.4, 0.5) is 5.69 Å². The van der Waals surface area contributed by atoms with Gasteiger partial charge in [0.15, 0.2) is 0 Å². The van der Waals surface area contributed by atoms with Crippen molar-refractivity contribution in [3.63, 3.8) is 0 Å². The van der Waals surface area contributed by atoms with E-state index in [1.54, 1.807) is 43.3 Å². The lowest BCUT2D eigenvalue weighted by atomic mass is 10.1. The molecule has 122 valence electrons. The Labute approximate surface area is 139 Å². The number of hydrogen-bond donors (Lipinski definition) is 1. The summed E-state index contributed by atoms with van der Waals surface area (Å²) in [4.78, 5) is 12.5. The number of hydrogen-bond acceptors (Lipinski definition) is 4. The van der Waals surface area contributed by atoms with Gasteiger partial charge in [-0.05, 0) is 36.4 Å². The van der Waals surface area contributed by atoms with Crippen LogP contribution in [-0.4, -0.2) is 29.9 Å². The fourth-order valence-corrected chi connectivity index (χ4v) is 2.29. The largest absolute Gasteiger partial charge is 0.497 e. The predicted molar refractivity (Wildman–Crippen MR) is 91.1 cm³/mol. The van der Waals surface area contributed by atoms with E-state index >= 15 is 0 Å². The molecule has 0 aliphatic rings. The molecule has 1 heterocycles. The molecule has 0 aliphatic carbocycles. The maximum absolute atomic E-state index is 12.5. The summed E-state index contributed by atoms with van der Waals surface area (Å²) >= 11 is 0. The van der Waals surface area contributed by atoms with Crippen LogP contribution in [0.1, 0.15) is 10.4 Å². The van der Waals surface area contributed by atoms with Crippen molar-refractivity contribution in [1.82, 2.24) is 9.78 Å². The van der Waals surface area contributed by atoms with Crippen molar-refractivity contribution in [3.05, 3.63) is 66.5 Å². The van der Waals surface area contributed by atoms with Crippen LogP contribution in [0.5, 0.6) is 11.5 Å². The third-order valence-electron chi connectivity index (χ3n) is 3.49. The highest BCUT2D eigenvalue weighted by Crippen LogP contribution is 2.23. The van der Waals surface area contributed by atoms with Gasteiger partial charge in [-0.15, -0.1) is 0 Å². The summed E-state index contributed by atoms with van der Waals surface area (Å²) in [6, 6.07) is 14.3. The second kappa shape index (κ2) is 6.87. The summed E-state index contributed by atoms with van der Waals surface area (Å²) < 4.78 is 12.1. The first-order chi connectivity index (χ1) is 11.7. The average Bonchev–Trinajstić information content (AvgIpc) is 3.16. The number of amides is 1. The Balaban J connectivity index is 1.84. The Hall–Kier alpha value is -3.28. The van der Waals surface area contributed by atoms with Crippen molar-refractivity contribution in [2.75, 3.05) is 19.5 Å². The molecule has 0 aliphatic heterocycles. The van der Waals surface area contributed by atoms with Gasteiger partial charge in [-0.25, -0.2) is 4.68 Å². The van der Waals surface area contributed by atoms with E-state index in [0.717, 1.165) is 5.69 Å². The first kappa shape index (κ1) is 15.6. The van der Waals surface area contributed by atoms with E-state index < -0.39 is 0 Å². The first-order valence-electron chi connectivity index (χ1n) is 7.34. The van der Waals surface area contributed by atoms with Crippen LogP contribution in [0.15, 0.2) is 60.9 Å². The normalized spacial score (nSPS) is 10.2. The van der Waals surface area contributed by atoms with Crippen LogP contribution in [0.2, 0.25) is 0 Å². The average molecular weight is 323 g/mol. The maximum atomic E-state index is 12.5. The van der Waals surface area contributed by atoms with Gasteiger partial charge >= 0.3 is 0 Å². The van der Waals surface area contributed by atoms with Crippen LogP contribution in [0, 0.1) is 0 Å².